The van der Waals surface area contributed by atoms with E-state index in [1.807, 2.05) is 6.07 Å². The van der Waals surface area contributed by atoms with Gasteiger partial charge in [-0.25, -0.2) is 0 Å². The second-order valence-corrected chi connectivity index (χ2v) is 8.07. The van der Waals surface area contributed by atoms with Crippen LogP contribution in [0.4, 0.5) is 13.2 Å². The summed E-state index contributed by atoms with van der Waals surface area (Å²) in [7, 11) is 1.79. The lowest BCUT2D eigenvalue weighted by Crippen LogP contribution is -2.50. The van der Waals surface area contributed by atoms with Gasteiger partial charge in [0.2, 0.25) is 5.91 Å². The molecular weight excluding hydrogens is 399 g/mol. The van der Waals surface area contributed by atoms with Crippen molar-refractivity contribution in [2.24, 2.45) is 0 Å². The second-order valence-electron chi connectivity index (χ2n) is 8.07. The van der Waals surface area contributed by atoms with Gasteiger partial charge in [0.15, 0.2) is 0 Å². The Bertz CT molecular complexity index is 890. The van der Waals surface area contributed by atoms with Gasteiger partial charge in [-0.2, -0.15) is 13.2 Å². The molecule has 1 amide bonds. The largest absolute Gasteiger partial charge is 0.490 e. The molecule has 0 bridgehead atoms. The number of piperidine rings is 1. The van der Waals surface area contributed by atoms with Crippen molar-refractivity contribution in [3.8, 4) is 5.75 Å². The van der Waals surface area contributed by atoms with Crippen LogP contribution in [0, 0.1) is 0 Å². The molecule has 2 fully saturated rings. The number of benzene rings is 1. The zero-order valence-electron chi connectivity index (χ0n) is 16.9. The smallest absolute Gasteiger partial charge is 0.406 e. The molecule has 2 saturated heterocycles. The topological polar surface area (TPSA) is 46.9 Å². The Morgan fingerprint density at radius 3 is 2.67 bits per heavy atom. The average molecular weight is 425 g/mol. The lowest BCUT2D eigenvalue weighted by molar-refractivity contribution is -0.148. The molecule has 0 saturated carbocycles. The van der Waals surface area contributed by atoms with Crippen LogP contribution < -0.4 is 4.74 Å². The van der Waals surface area contributed by atoms with Crippen LogP contribution in [0.2, 0.25) is 0 Å². The van der Waals surface area contributed by atoms with Gasteiger partial charge in [0.1, 0.15) is 25.0 Å². The molecule has 0 spiro atoms. The number of fused-ring (bicyclic) bond motifs is 1. The summed E-state index contributed by atoms with van der Waals surface area (Å²) in [5.41, 5.74) is 0.523. The van der Waals surface area contributed by atoms with Crippen LogP contribution in [-0.4, -0.2) is 78.5 Å². The van der Waals surface area contributed by atoms with Gasteiger partial charge in [0, 0.05) is 44.8 Å². The van der Waals surface area contributed by atoms with Crippen molar-refractivity contribution in [3.63, 3.8) is 0 Å². The number of morpholine rings is 1. The molecular formula is C21H26F3N3O3. The van der Waals surface area contributed by atoms with Crippen molar-refractivity contribution in [1.29, 1.82) is 0 Å². The highest BCUT2D eigenvalue weighted by Gasteiger charge is 2.30. The minimum atomic E-state index is -4.26. The van der Waals surface area contributed by atoms with Crippen molar-refractivity contribution in [1.82, 2.24) is 14.4 Å². The van der Waals surface area contributed by atoms with Crippen molar-refractivity contribution < 1.29 is 27.4 Å². The minimum absolute atomic E-state index is 0.0107. The molecule has 0 N–H and O–H groups in total. The van der Waals surface area contributed by atoms with Crippen LogP contribution in [0.1, 0.15) is 12.8 Å². The zero-order chi connectivity index (χ0) is 21.3. The summed E-state index contributed by atoms with van der Waals surface area (Å²) < 4.78 is 51.3. The molecule has 1 atom stereocenters. The standard InChI is InChI=1S/C21H26F3N3O3/c1-25-11-16(29-13-20(25)28)12-26-8-5-15(6-9-26)30-19-4-2-3-18-17(19)7-10-27(18)14-21(22,23)24/h2-4,7,10,15-16H,5-6,8-9,11-14H2,1H3. The number of aromatic nitrogens is 1. The molecule has 6 nitrogen and oxygen atoms in total. The zero-order valence-corrected chi connectivity index (χ0v) is 16.9. The number of likely N-dealkylation sites (N-methyl/N-ethyl adjacent to an activating group) is 1. The van der Waals surface area contributed by atoms with E-state index in [1.54, 1.807) is 30.1 Å². The van der Waals surface area contributed by atoms with Crippen molar-refractivity contribution in [2.75, 3.05) is 39.8 Å². The van der Waals surface area contributed by atoms with Gasteiger partial charge >= 0.3 is 6.18 Å². The van der Waals surface area contributed by atoms with E-state index in [4.69, 9.17) is 9.47 Å². The normalized spacial score (nSPS) is 22.1. The van der Waals surface area contributed by atoms with E-state index in [2.05, 4.69) is 4.90 Å². The van der Waals surface area contributed by atoms with Gasteiger partial charge in [0.25, 0.3) is 0 Å². The van der Waals surface area contributed by atoms with Gasteiger partial charge in [-0.15, -0.1) is 0 Å². The maximum Gasteiger partial charge on any atom is 0.406 e. The summed E-state index contributed by atoms with van der Waals surface area (Å²) in [5.74, 6) is 0.638. The SMILES string of the molecule is CN1CC(CN2CCC(Oc3cccc4c3ccn4CC(F)(F)F)CC2)OCC1=O. The van der Waals surface area contributed by atoms with E-state index in [0.29, 0.717) is 23.2 Å². The van der Waals surface area contributed by atoms with Crippen LogP contribution in [0.3, 0.4) is 0 Å². The summed E-state index contributed by atoms with van der Waals surface area (Å²) in [6, 6.07) is 6.92. The number of hydrogen-bond donors (Lipinski definition) is 0. The fourth-order valence-corrected chi connectivity index (χ4v) is 4.18. The molecule has 2 aromatic rings. The molecule has 4 rings (SSSR count). The molecule has 1 aromatic carbocycles. The minimum Gasteiger partial charge on any atom is -0.490 e. The molecule has 1 unspecified atom stereocenters. The van der Waals surface area contributed by atoms with E-state index < -0.39 is 12.7 Å². The average Bonchev–Trinajstić information content (AvgIpc) is 3.09. The lowest BCUT2D eigenvalue weighted by Gasteiger charge is -2.37. The number of ether oxygens (including phenoxy) is 2. The van der Waals surface area contributed by atoms with E-state index in [1.165, 1.54) is 10.8 Å². The molecule has 2 aliphatic heterocycles. The van der Waals surface area contributed by atoms with Gasteiger partial charge < -0.3 is 23.8 Å². The molecule has 0 radical (unpaired) electrons. The highest BCUT2D eigenvalue weighted by molar-refractivity contribution is 5.86. The first-order valence-electron chi connectivity index (χ1n) is 10.2. The van der Waals surface area contributed by atoms with E-state index in [9.17, 15) is 18.0 Å². The highest BCUT2D eigenvalue weighted by atomic mass is 19.4. The maximum atomic E-state index is 12.8. The number of nitrogens with zero attached hydrogens (tertiary/aromatic N) is 3. The van der Waals surface area contributed by atoms with Crippen LogP contribution in [0.5, 0.6) is 5.75 Å². The molecule has 1 aromatic heterocycles. The number of alkyl halides is 3. The third-order valence-electron chi connectivity index (χ3n) is 5.76. The Hall–Kier alpha value is -2.26. The van der Waals surface area contributed by atoms with Crippen molar-refractivity contribution in [3.05, 3.63) is 30.5 Å². The van der Waals surface area contributed by atoms with Crippen molar-refractivity contribution >= 4 is 16.8 Å². The first kappa shape index (κ1) is 21.0. The molecule has 30 heavy (non-hydrogen) atoms. The fourth-order valence-electron chi connectivity index (χ4n) is 4.18. The second kappa shape index (κ2) is 8.47. The number of halogens is 3. The van der Waals surface area contributed by atoms with E-state index in [0.717, 1.165) is 32.5 Å². The molecule has 0 aliphatic carbocycles. The Labute approximate surface area is 173 Å². The first-order valence-corrected chi connectivity index (χ1v) is 10.2. The summed E-state index contributed by atoms with van der Waals surface area (Å²) in [5, 5.41) is 0.701. The number of likely N-dealkylation sites (tertiary alicyclic amines) is 1. The van der Waals surface area contributed by atoms with Crippen LogP contribution in [0.25, 0.3) is 10.9 Å². The maximum absolute atomic E-state index is 12.8. The van der Waals surface area contributed by atoms with Gasteiger partial charge in [-0.1, -0.05) is 6.07 Å². The van der Waals surface area contributed by atoms with Crippen LogP contribution >= 0.6 is 0 Å². The van der Waals surface area contributed by atoms with E-state index >= 15 is 0 Å². The summed E-state index contributed by atoms with van der Waals surface area (Å²) in [6.07, 6.45) is -1.09. The molecule has 164 valence electrons. The van der Waals surface area contributed by atoms with Crippen LogP contribution in [-0.2, 0) is 16.1 Å². The number of hydrogen-bond acceptors (Lipinski definition) is 4. The molecule has 3 heterocycles. The highest BCUT2D eigenvalue weighted by Crippen LogP contribution is 2.31. The van der Waals surface area contributed by atoms with Gasteiger partial charge in [-0.3, -0.25) is 4.79 Å². The Balaban J connectivity index is 1.33. The Morgan fingerprint density at radius 2 is 1.97 bits per heavy atom. The van der Waals surface area contributed by atoms with Gasteiger partial charge in [-0.05, 0) is 31.0 Å². The van der Waals surface area contributed by atoms with E-state index in [-0.39, 0.29) is 24.7 Å². The van der Waals surface area contributed by atoms with Gasteiger partial charge in [0.05, 0.1) is 11.6 Å². The summed E-state index contributed by atoms with van der Waals surface area (Å²) in [6.45, 7) is 2.22. The summed E-state index contributed by atoms with van der Waals surface area (Å²) in [4.78, 5) is 15.5. The fraction of sp³-hybridized carbons (Fsp3) is 0.571. The Kier molecular flexibility index (Phi) is 5.92. The number of rotatable bonds is 5. The molecule has 2 aliphatic rings. The predicted molar refractivity (Wildman–Crippen MR) is 105 cm³/mol. The molecule has 9 heteroatoms. The monoisotopic (exact) mass is 425 g/mol. The van der Waals surface area contributed by atoms with Crippen molar-refractivity contribution in [2.45, 2.75) is 37.8 Å². The summed E-state index contributed by atoms with van der Waals surface area (Å²) >= 11 is 0. The lowest BCUT2D eigenvalue weighted by atomic mass is 10.1. The third kappa shape index (κ3) is 4.89. The van der Waals surface area contributed by atoms with Crippen LogP contribution in [0.15, 0.2) is 30.5 Å². The number of amides is 1. The predicted octanol–water partition coefficient (Wildman–Crippen LogP) is 2.90. The third-order valence-corrected chi connectivity index (χ3v) is 5.76. The quantitative estimate of drug-likeness (QED) is 0.739. The first-order chi connectivity index (χ1) is 14.3. The number of carbonyl (C=O) groups is 1. The number of carbonyl (C=O) groups excluding carboxylic acids is 1. The Morgan fingerprint density at radius 1 is 1.20 bits per heavy atom.